The Morgan fingerprint density at radius 2 is 1.52 bits per heavy atom. The fraction of sp³-hybridized carbons (Fsp3) is 0.0909. The van der Waals surface area contributed by atoms with Crippen molar-refractivity contribution in [3.05, 3.63) is 101 Å². The van der Waals surface area contributed by atoms with Crippen LogP contribution in [0.15, 0.2) is 78.9 Å². The third-order valence-electron chi connectivity index (χ3n) is 4.02. The molecule has 0 saturated carbocycles. The second kappa shape index (κ2) is 8.27. The number of carbonyl (C=O) groups excluding carboxylic acids is 2. The Labute approximate surface area is 156 Å². The van der Waals surface area contributed by atoms with E-state index in [4.69, 9.17) is 9.47 Å². The first-order valence-electron chi connectivity index (χ1n) is 8.29. The standard InChI is InChI=1S/C22H17FO4/c1-26-17-12-13-18(19(23)14-17)22(25)27-21(16-10-6-3-7-11-16)20(24)15-8-4-2-5-9-15/h2-14,21H,1H3/t21-/m0/s1. The third-order valence-corrected chi connectivity index (χ3v) is 4.02. The van der Waals surface area contributed by atoms with Gasteiger partial charge in [0.1, 0.15) is 11.6 Å². The van der Waals surface area contributed by atoms with Crippen molar-refractivity contribution in [3.8, 4) is 5.75 Å². The number of Topliss-reactive ketones (excluding diaryl/α,β-unsaturated/α-hetero) is 1. The van der Waals surface area contributed by atoms with Crippen LogP contribution in [0.3, 0.4) is 0 Å². The molecule has 0 N–H and O–H groups in total. The fourth-order valence-corrected chi connectivity index (χ4v) is 2.61. The number of ether oxygens (including phenoxy) is 2. The molecule has 3 aromatic rings. The van der Waals surface area contributed by atoms with Crippen LogP contribution in [0.2, 0.25) is 0 Å². The van der Waals surface area contributed by atoms with Crippen molar-refractivity contribution in [2.24, 2.45) is 0 Å². The summed E-state index contributed by atoms with van der Waals surface area (Å²) >= 11 is 0. The Hall–Kier alpha value is -3.47. The Bertz CT molecular complexity index is 939. The number of rotatable bonds is 6. The van der Waals surface area contributed by atoms with E-state index in [1.165, 1.54) is 19.2 Å². The molecule has 1 atom stereocenters. The van der Waals surface area contributed by atoms with Gasteiger partial charge in [-0.2, -0.15) is 0 Å². The lowest BCUT2D eigenvalue weighted by Gasteiger charge is -2.18. The van der Waals surface area contributed by atoms with Crippen molar-refractivity contribution < 1.29 is 23.5 Å². The van der Waals surface area contributed by atoms with E-state index in [-0.39, 0.29) is 17.1 Å². The number of esters is 1. The van der Waals surface area contributed by atoms with Crippen LogP contribution in [0, 0.1) is 5.82 Å². The summed E-state index contributed by atoms with van der Waals surface area (Å²) in [6, 6.07) is 21.0. The molecule has 0 aliphatic heterocycles. The number of hydrogen-bond acceptors (Lipinski definition) is 4. The average Bonchev–Trinajstić information content (AvgIpc) is 2.72. The number of hydrogen-bond donors (Lipinski definition) is 0. The van der Waals surface area contributed by atoms with Gasteiger partial charge in [-0.05, 0) is 12.1 Å². The molecule has 4 nitrogen and oxygen atoms in total. The van der Waals surface area contributed by atoms with E-state index in [0.717, 1.165) is 6.07 Å². The minimum Gasteiger partial charge on any atom is -0.497 e. The Balaban J connectivity index is 1.92. The van der Waals surface area contributed by atoms with Gasteiger partial charge in [0.05, 0.1) is 12.7 Å². The fourth-order valence-electron chi connectivity index (χ4n) is 2.61. The van der Waals surface area contributed by atoms with E-state index in [9.17, 15) is 14.0 Å². The van der Waals surface area contributed by atoms with Gasteiger partial charge in [0, 0.05) is 17.2 Å². The number of methoxy groups -OCH3 is 1. The first kappa shape index (κ1) is 18.3. The molecule has 0 aliphatic carbocycles. The summed E-state index contributed by atoms with van der Waals surface area (Å²) in [7, 11) is 1.40. The largest absolute Gasteiger partial charge is 0.497 e. The SMILES string of the molecule is COc1ccc(C(=O)O[C@H](C(=O)c2ccccc2)c2ccccc2)c(F)c1. The van der Waals surface area contributed by atoms with Gasteiger partial charge in [-0.15, -0.1) is 0 Å². The molecule has 27 heavy (non-hydrogen) atoms. The molecule has 0 aromatic heterocycles. The second-order valence-corrected chi connectivity index (χ2v) is 5.77. The van der Waals surface area contributed by atoms with Gasteiger partial charge < -0.3 is 9.47 Å². The van der Waals surface area contributed by atoms with Gasteiger partial charge >= 0.3 is 5.97 Å². The van der Waals surface area contributed by atoms with Crippen LogP contribution in [-0.4, -0.2) is 18.9 Å². The van der Waals surface area contributed by atoms with Crippen LogP contribution >= 0.6 is 0 Å². The summed E-state index contributed by atoms with van der Waals surface area (Å²) in [5.41, 5.74) is 0.639. The Kier molecular flexibility index (Phi) is 5.61. The van der Waals surface area contributed by atoms with Crippen LogP contribution < -0.4 is 4.74 Å². The molecule has 0 saturated heterocycles. The van der Waals surface area contributed by atoms with Gasteiger partial charge in [0.25, 0.3) is 0 Å². The highest BCUT2D eigenvalue weighted by molar-refractivity contribution is 6.02. The third kappa shape index (κ3) is 4.20. The molecule has 0 heterocycles. The molecule has 0 amide bonds. The molecule has 0 unspecified atom stereocenters. The van der Waals surface area contributed by atoms with Crippen LogP contribution in [0.4, 0.5) is 4.39 Å². The van der Waals surface area contributed by atoms with Gasteiger partial charge in [-0.25, -0.2) is 9.18 Å². The lowest BCUT2D eigenvalue weighted by atomic mass is 9.99. The maximum atomic E-state index is 14.2. The van der Waals surface area contributed by atoms with Crippen LogP contribution in [-0.2, 0) is 4.74 Å². The van der Waals surface area contributed by atoms with Gasteiger partial charge in [0.15, 0.2) is 6.10 Å². The summed E-state index contributed by atoms with van der Waals surface area (Å²) in [5, 5.41) is 0. The summed E-state index contributed by atoms with van der Waals surface area (Å²) in [6.45, 7) is 0. The van der Waals surface area contributed by atoms with Crippen molar-refractivity contribution in [1.82, 2.24) is 0 Å². The quantitative estimate of drug-likeness (QED) is 0.473. The van der Waals surface area contributed by atoms with Crippen molar-refractivity contribution >= 4 is 11.8 Å². The number of carbonyl (C=O) groups is 2. The molecule has 0 bridgehead atoms. The van der Waals surface area contributed by atoms with E-state index in [2.05, 4.69) is 0 Å². The molecule has 0 radical (unpaired) electrons. The van der Waals surface area contributed by atoms with E-state index in [0.29, 0.717) is 11.1 Å². The summed E-state index contributed by atoms with van der Waals surface area (Å²) in [5.74, 6) is -1.81. The normalized spacial score (nSPS) is 11.5. The number of benzene rings is 3. The predicted molar refractivity (Wildman–Crippen MR) is 98.3 cm³/mol. The summed E-state index contributed by atoms with van der Waals surface area (Å²) in [6.07, 6.45) is -1.18. The minimum absolute atomic E-state index is 0.266. The van der Waals surface area contributed by atoms with Gasteiger partial charge in [-0.3, -0.25) is 4.79 Å². The molecule has 5 heteroatoms. The zero-order valence-corrected chi connectivity index (χ0v) is 14.6. The first-order valence-corrected chi connectivity index (χ1v) is 8.29. The minimum atomic E-state index is -1.18. The van der Waals surface area contributed by atoms with Gasteiger partial charge in [-0.1, -0.05) is 60.7 Å². The Morgan fingerprint density at radius 1 is 0.889 bits per heavy atom. The highest BCUT2D eigenvalue weighted by atomic mass is 19.1. The van der Waals surface area contributed by atoms with Crippen molar-refractivity contribution in [1.29, 1.82) is 0 Å². The molecule has 0 spiro atoms. The zero-order valence-electron chi connectivity index (χ0n) is 14.6. The van der Waals surface area contributed by atoms with Crippen LogP contribution in [0.25, 0.3) is 0 Å². The highest BCUT2D eigenvalue weighted by Gasteiger charge is 2.27. The van der Waals surface area contributed by atoms with Crippen molar-refractivity contribution in [3.63, 3.8) is 0 Å². The van der Waals surface area contributed by atoms with E-state index >= 15 is 0 Å². The molecule has 3 rings (SSSR count). The molecular weight excluding hydrogens is 347 g/mol. The van der Waals surface area contributed by atoms with E-state index < -0.39 is 17.9 Å². The molecule has 3 aromatic carbocycles. The molecule has 0 fully saturated rings. The second-order valence-electron chi connectivity index (χ2n) is 5.77. The maximum absolute atomic E-state index is 14.2. The predicted octanol–water partition coefficient (Wildman–Crippen LogP) is 4.62. The van der Waals surface area contributed by atoms with Crippen molar-refractivity contribution in [2.45, 2.75) is 6.10 Å². The first-order chi connectivity index (χ1) is 13.1. The lowest BCUT2D eigenvalue weighted by Crippen LogP contribution is -2.21. The highest BCUT2D eigenvalue weighted by Crippen LogP contribution is 2.25. The Morgan fingerprint density at radius 3 is 2.11 bits per heavy atom. The van der Waals surface area contributed by atoms with Crippen molar-refractivity contribution in [2.75, 3.05) is 7.11 Å². The number of halogens is 1. The topological polar surface area (TPSA) is 52.6 Å². The van der Waals surface area contributed by atoms with E-state index in [1.54, 1.807) is 60.7 Å². The van der Waals surface area contributed by atoms with Crippen LogP contribution in [0.5, 0.6) is 5.75 Å². The van der Waals surface area contributed by atoms with Gasteiger partial charge in [0.2, 0.25) is 5.78 Å². The molecular formula is C22H17FO4. The van der Waals surface area contributed by atoms with E-state index in [1.807, 2.05) is 0 Å². The average molecular weight is 364 g/mol. The van der Waals surface area contributed by atoms with Crippen LogP contribution in [0.1, 0.15) is 32.4 Å². The maximum Gasteiger partial charge on any atom is 0.342 e. The number of ketones is 1. The monoisotopic (exact) mass is 364 g/mol. The summed E-state index contributed by atoms with van der Waals surface area (Å²) < 4.78 is 24.6. The molecule has 0 aliphatic rings. The summed E-state index contributed by atoms with van der Waals surface area (Å²) in [4.78, 5) is 25.4. The smallest absolute Gasteiger partial charge is 0.342 e. The zero-order chi connectivity index (χ0) is 19.2. The molecule has 136 valence electrons. The lowest BCUT2D eigenvalue weighted by molar-refractivity contribution is 0.0275.